The minimum atomic E-state index is 0.103. The fourth-order valence-electron chi connectivity index (χ4n) is 3.27. The summed E-state index contributed by atoms with van der Waals surface area (Å²) >= 11 is 1.94. The lowest BCUT2D eigenvalue weighted by Crippen LogP contribution is -2.49. The number of piperidine rings is 1. The van der Waals surface area contributed by atoms with E-state index in [0.717, 1.165) is 31.7 Å². The van der Waals surface area contributed by atoms with Crippen LogP contribution in [0.3, 0.4) is 0 Å². The average molecular weight is 291 g/mol. The van der Waals surface area contributed by atoms with Gasteiger partial charge in [0.05, 0.1) is 6.04 Å². The molecule has 1 aromatic rings. The Balaban J connectivity index is 1.74. The summed E-state index contributed by atoms with van der Waals surface area (Å²) < 4.78 is 0. The summed E-state index contributed by atoms with van der Waals surface area (Å²) in [5, 5.41) is 12.2. The van der Waals surface area contributed by atoms with Gasteiger partial charge >= 0.3 is 0 Å². The zero-order chi connectivity index (χ0) is 13.9. The Morgan fingerprint density at radius 3 is 3.10 bits per heavy atom. The maximum absolute atomic E-state index is 8.96. The van der Waals surface area contributed by atoms with Crippen LogP contribution < -0.4 is 5.73 Å². The zero-order valence-corrected chi connectivity index (χ0v) is 12.4. The van der Waals surface area contributed by atoms with Gasteiger partial charge in [0.25, 0.3) is 0 Å². The highest BCUT2D eigenvalue weighted by Crippen LogP contribution is 2.40. The Hall–Kier alpha value is -1.20. The Labute approximate surface area is 124 Å². The van der Waals surface area contributed by atoms with Crippen molar-refractivity contribution in [2.45, 2.75) is 36.1 Å². The number of fused-ring (bicyclic) bond motifs is 1. The Morgan fingerprint density at radius 2 is 2.25 bits per heavy atom. The molecule has 2 unspecified atom stereocenters. The van der Waals surface area contributed by atoms with E-state index in [1.165, 1.54) is 16.9 Å². The molecule has 3 rings (SSSR count). The summed E-state index contributed by atoms with van der Waals surface area (Å²) in [4.78, 5) is 3.81. The first-order valence-electron chi connectivity index (χ1n) is 7.23. The SMILES string of the molecule is NC(=NO)C1CCCCN1CC1CSc2ccccc21. The fourth-order valence-corrected chi connectivity index (χ4v) is 4.52. The van der Waals surface area contributed by atoms with Gasteiger partial charge in [0.2, 0.25) is 0 Å². The lowest BCUT2D eigenvalue weighted by Gasteiger charge is -2.36. The van der Waals surface area contributed by atoms with Crippen LogP contribution in [0.1, 0.15) is 30.7 Å². The van der Waals surface area contributed by atoms with Gasteiger partial charge in [-0.1, -0.05) is 29.8 Å². The van der Waals surface area contributed by atoms with Crippen molar-refractivity contribution in [3.63, 3.8) is 0 Å². The number of hydrogen-bond acceptors (Lipinski definition) is 4. The predicted molar refractivity (Wildman–Crippen MR) is 82.5 cm³/mol. The van der Waals surface area contributed by atoms with Gasteiger partial charge in [-0.2, -0.15) is 0 Å². The van der Waals surface area contributed by atoms with Gasteiger partial charge in [-0.25, -0.2) is 0 Å². The number of amidine groups is 1. The van der Waals surface area contributed by atoms with E-state index < -0.39 is 0 Å². The number of nitrogens with two attached hydrogens (primary N) is 1. The summed E-state index contributed by atoms with van der Waals surface area (Å²) in [5.41, 5.74) is 7.32. The summed E-state index contributed by atoms with van der Waals surface area (Å²) in [5.74, 6) is 2.06. The molecule has 0 bridgehead atoms. The normalized spacial score (nSPS) is 27.5. The molecular weight excluding hydrogens is 270 g/mol. The van der Waals surface area contributed by atoms with Crippen molar-refractivity contribution in [3.05, 3.63) is 29.8 Å². The molecule has 0 aliphatic carbocycles. The maximum atomic E-state index is 8.96. The summed E-state index contributed by atoms with van der Waals surface area (Å²) in [6.45, 7) is 2.05. The number of benzene rings is 1. The lowest BCUT2D eigenvalue weighted by atomic mass is 9.96. The first-order chi connectivity index (χ1) is 9.79. The highest BCUT2D eigenvalue weighted by atomic mass is 32.2. The van der Waals surface area contributed by atoms with Crippen LogP contribution in [0, 0.1) is 0 Å². The van der Waals surface area contributed by atoms with E-state index in [9.17, 15) is 0 Å². The molecule has 2 aliphatic rings. The quantitative estimate of drug-likeness (QED) is 0.389. The number of thioether (sulfide) groups is 1. The standard InChI is InChI=1S/C15H21N3OS/c16-15(17-19)13-6-3-4-8-18(13)9-11-10-20-14-7-2-1-5-12(11)14/h1-2,5,7,11,13,19H,3-4,6,8-10H2,(H2,16,17). The van der Waals surface area contributed by atoms with Crippen LogP contribution in [-0.4, -0.2) is 40.8 Å². The van der Waals surface area contributed by atoms with Gasteiger partial charge in [-0.05, 0) is 31.0 Å². The van der Waals surface area contributed by atoms with Crippen molar-refractivity contribution in [2.75, 3.05) is 18.8 Å². The predicted octanol–water partition coefficient (Wildman–Crippen LogP) is 2.48. The molecule has 2 aliphatic heterocycles. The second-order valence-corrected chi connectivity index (χ2v) is 6.64. The van der Waals surface area contributed by atoms with Crippen LogP contribution >= 0.6 is 11.8 Å². The van der Waals surface area contributed by atoms with Crippen molar-refractivity contribution >= 4 is 17.6 Å². The van der Waals surface area contributed by atoms with E-state index in [1.807, 2.05) is 11.8 Å². The number of oxime groups is 1. The summed E-state index contributed by atoms with van der Waals surface area (Å²) in [6, 6.07) is 8.77. The van der Waals surface area contributed by atoms with Crippen LogP contribution in [0.4, 0.5) is 0 Å². The second-order valence-electron chi connectivity index (χ2n) is 5.58. The van der Waals surface area contributed by atoms with Crippen molar-refractivity contribution in [1.29, 1.82) is 0 Å². The third-order valence-electron chi connectivity index (χ3n) is 4.32. The van der Waals surface area contributed by atoms with Crippen LogP contribution in [0.5, 0.6) is 0 Å². The van der Waals surface area contributed by atoms with Gasteiger partial charge < -0.3 is 10.9 Å². The maximum Gasteiger partial charge on any atom is 0.156 e. The number of likely N-dealkylation sites (tertiary alicyclic amines) is 1. The van der Waals surface area contributed by atoms with Gasteiger partial charge in [-0.15, -0.1) is 11.8 Å². The van der Waals surface area contributed by atoms with Crippen LogP contribution in [0.25, 0.3) is 0 Å². The van der Waals surface area contributed by atoms with Crippen LogP contribution in [0.2, 0.25) is 0 Å². The second kappa shape index (κ2) is 6.06. The molecule has 5 heteroatoms. The molecule has 1 fully saturated rings. The molecule has 0 saturated carbocycles. The van der Waals surface area contributed by atoms with E-state index >= 15 is 0 Å². The van der Waals surface area contributed by atoms with Crippen molar-refractivity contribution in [3.8, 4) is 0 Å². The largest absolute Gasteiger partial charge is 0.409 e. The number of hydrogen-bond donors (Lipinski definition) is 2. The Morgan fingerprint density at radius 1 is 1.40 bits per heavy atom. The van der Waals surface area contributed by atoms with Crippen LogP contribution in [-0.2, 0) is 0 Å². The topological polar surface area (TPSA) is 61.9 Å². The van der Waals surface area contributed by atoms with E-state index in [2.05, 4.69) is 34.3 Å². The molecule has 1 saturated heterocycles. The summed E-state index contributed by atoms with van der Waals surface area (Å²) in [7, 11) is 0. The first-order valence-corrected chi connectivity index (χ1v) is 8.21. The molecule has 4 nitrogen and oxygen atoms in total. The first kappa shape index (κ1) is 13.8. The molecule has 0 radical (unpaired) electrons. The molecule has 2 heterocycles. The molecule has 1 aromatic carbocycles. The van der Waals surface area contributed by atoms with Gasteiger partial charge in [0.1, 0.15) is 0 Å². The molecule has 20 heavy (non-hydrogen) atoms. The Bertz CT molecular complexity index is 506. The minimum Gasteiger partial charge on any atom is -0.409 e. The van der Waals surface area contributed by atoms with Crippen molar-refractivity contribution < 1.29 is 5.21 Å². The third-order valence-corrected chi connectivity index (χ3v) is 5.58. The summed E-state index contributed by atoms with van der Waals surface area (Å²) in [6.07, 6.45) is 3.36. The molecule has 0 amide bonds. The van der Waals surface area contributed by atoms with Gasteiger partial charge in [0.15, 0.2) is 5.84 Å². The Kier molecular flexibility index (Phi) is 4.17. The lowest BCUT2D eigenvalue weighted by molar-refractivity contribution is 0.179. The van der Waals surface area contributed by atoms with E-state index in [0.29, 0.717) is 11.8 Å². The van der Waals surface area contributed by atoms with E-state index in [-0.39, 0.29) is 6.04 Å². The monoisotopic (exact) mass is 291 g/mol. The molecule has 108 valence electrons. The fraction of sp³-hybridized carbons (Fsp3) is 0.533. The molecular formula is C15H21N3OS. The van der Waals surface area contributed by atoms with E-state index in [4.69, 9.17) is 10.9 Å². The van der Waals surface area contributed by atoms with Gasteiger partial charge in [-0.3, -0.25) is 4.90 Å². The third kappa shape index (κ3) is 2.65. The minimum absolute atomic E-state index is 0.103. The highest BCUT2D eigenvalue weighted by Gasteiger charge is 2.31. The average Bonchev–Trinajstić information content (AvgIpc) is 2.90. The zero-order valence-electron chi connectivity index (χ0n) is 11.5. The van der Waals surface area contributed by atoms with Crippen molar-refractivity contribution in [2.24, 2.45) is 10.9 Å². The van der Waals surface area contributed by atoms with Crippen molar-refractivity contribution in [1.82, 2.24) is 4.90 Å². The smallest absolute Gasteiger partial charge is 0.156 e. The highest BCUT2D eigenvalue weighted by molar-refractivity contribution is 7.99. The van der Waals surface area contributed by atoms with E-state index in [1.54, 1.807) is 0 Å². The molecule has 0 spiro atoms. The van der Waals surface area contributed by atoms with Crippen LogP contribution in [0.15, 0.2) is 34.3 Å². The van der Waals surface area contributed by atoms with Gasteiger partial charge in [0, 0.05) is 23.1 Å². The number of nitrogens with zero attached hydrogens (tertiary/aromatic N) is 2. The number of rotatable bonds is 3. The molecule has 2 atom stereocenters. The molecule has 0 aromatic heterocycles. The molecule has 3 N–H and O–H groups in total.